The molecule has 0 spiro atoms. The van der Waals surface area contributed by atoms with Gasteiger partial charge in [-0.25, -0.2) is 0 Å². The van der Waals surface area contributed by atoms with Crippen LogP contribution in [0.1, 0.15) is 41.0 Å². The van der Waals surface area contributed by atoms with Gasteiger partial charge in [0.15, 0.2) is 0 Å². The highest BCUT2D eigenvalue weighted by molar-refractivity contribution is 5.87. The molecule has 0 saturated carbocycles. The summed E-state index contributed by atoms with van der Waals surface area (Å²) in [7, 11) is 1.60. The second-order valence-electron chi connectivity index (χ2n) is 5.90. The number of carbonyl (C=O) groups is 2. The van der Waals surface area contributed by atoms with Crippen molar-refractivity contribution in [1.82, 2.24) is 10.2 Å². The first-order valence-electron chi connectivity index (χ1n) is 6.40. The van der Waals surface area contributed by atoms with Crippen LogP contribution < -0.4 is 11.1 Å². The summed E-state index contributed by atoms with van der Waals surface area (Å²) in [5, 5.41) is 2.81. The molecule has 106 valence electrons. The summed E-state index contributed by atoms with van der Waals surface area (Å²) in [6, 6.07) is -0.539. The van der Waals surface area contributed by atoms with Crippen molar-refractivity contribution >= 4 is 11.8 Å². The number of rotatable bonds is 5. The predicted octanol–water partition coefficient (Wildman–Crippen LogP) is 0.733. The number of likely N-dealkylation sites (N-methyl/N-ethyl adjacent to an activating group) is 1. The molecule has 0 aromatic heterocycles. The number of hydrogen-bond acceptors (Lipinski definition) is 3. The van der Waals surface area contributed by atoms with Gasteiger partial charge in [0.1, 0.15) is 0 Å². The van der Waals surface area contributed by atoms with Crippen molar-refractivity contribution in [3.8, 4) is 0 Å². The van der Waals surface area contributed by atoms with Crippen molar-refractivity contribution in [3.05, 3.63) is 0 Å². The highest BCUT2D eigenvalue weighted by atomic mass is 16.2. The second kappa shape index (κ2) is 6.73. The Bertz CT molecular complexity index is 297. The number of amides is 2. The van der Waals surface area contributed by atoms with E-state index in [-0.39, 0.29) is 29.8 Å². The van der Waals surface area contributed by atoms with Gasteiger partial charge in [0.25, 0.3) is 0 Å². The second-order valence-corrected chi connectivity index (χ2v) is 5.90. The van der Waals surface area contributed by atoms with Gasteiger partial charge in [-0.1, -0.05) is 20.3 Å². The Morgan fingerprint density at radius 3 is 2.22 bits per heavy atom. The zero-order valence-electron chi connectivity index (χ0n) is 12.4. The molecule has 0 fully saturated rings. The van der Waals surface area contributed by atoms with Gasteiger partial charge in [-0.05, 0) is 26.7 Å². The van der Waals surface area contributed by atoms with Crippen molar-refractivity contribution in [2.75, 3.05) is 13.6 Å². The van der Waals surface area contributed by atoms with Crippen LogP contribution in [0.25, 0.3) is 0 Å². The summed E-state index contributed by atoms with van der Waals surface area (Å²) < 4.78 is 0. The van der Waals surface area contributed by atoms with Crippen molar-refractivity contribution < 1.29 is 9.59 Å². The van der Waals surface area contributed by atoms with Crippen LogP contribution in [0, 0.1) is 5.92 Å². The van der Waals surface area contributed by atoms with Crippen molar-refractivity contribution in [2.24, 2.45) is 11.7 Å². The standard InChI is InChI=1S/C13H27N3O2/c1-7-9(2)11(14)12(18)16(6)8-10(17)15-13(3,4)5/h9,11H,7-8,14H2,1-6H3,(H,15,17)/t9-,11-/m0/s1. The lowest BCUT2D eigenvalue weighted by Gasteiger charge is -2.26. The smallest absolute Gasteiger partial charge is 0.240 e. The molecule has 0 aliphatic heterocycles. The quantitative estimate of drug-likeness (QED) is 0.762. The molecule has 0 aliphatic carbocycles. The largest absolute Gasteiger partial charge is 0.350 e. The van der Waals surface area contributed by atoms with Crippen molar-refractivity contribution in [3.63, 3.8) is 0 Å². The monoisotopic (exact) mass is 257 g/mol. The highest BCUT2D eigenvalue weighted by Crippen LogP contribution is 2.07. The SMILES string of the molecule is CC[C@H](C)[C@H](N)C(=O)N(C)CC(=O)NC(C)(C)C. The van der Waals surface area contributed by atoms with Gasteiger partial charge in [0, 0.05) is 12.6 Å². The van der Waals surface area contributed by atoms with Gasteiger partial charge in [0.05, 0.1) is 12.6 Å². The molecule has 2 amide bonds. The van der Waals surface area contributed by atoms with Crippen molar-refractivity contribution in [2.45, 2.75) is 52.6 Å². The molecule has 0 heterocycles. The molecule has 0 saturated heterocycles. The fourth-order valence-corrected chi connectivity index (χ4v) is 1.50. The van der Waals surface area contributed by atoms with E-state index in [0.717, 1.165) is 6.42 Å². The van der Waals surface area contributed by atoms with Crippen molar-refractivity contribution in [1.29, 1.82) is 0 Å². The minimum absolute atomic E-state index is 0.0419. The molecule has 5 nitrogen and oxygen atoms in total. The average molecular weight is 257 g/mol. The van der Waals surface area contributed by atoms with Crippen LogP contribution in [-0.4, -0.2) is 41.9 Å². The van der Waals surface area contributed by atoms with E-state index in [1.807, 2.05) is 34.6 Å². The zero-order chi connectivity index (χ0) is 14.5. The van der Waals surface area contributed by atoms with E-state index in [4.69, 9.17) is 5.73 Å². The normalized spacial score (nSPS) is 14.8. The minimum atomic E-state index is -0.539. The van der Waals surface area contributed by atoms with Crippen LogP contribution in [0.2, 0.25) is 0 Å². The summed E-state index contributed by atoms with van der Waals surface area (Å²) in [5.41, 5.74) is 5.56. The summed E-state index contributed by atoms with van der Waals surface area (Å²) in [4.78, 5) is 25.0. The number of nitrogens with one attached hydrogen (secondary N) is 1. The van der Waals surface area contributed by atoms with Crippen LogP contribution in [-0.2, 0) is 9.59 Å². The number of carbonyl (C=O) groups excluding carboxylic acids is 2. The average Bonchev–Trinajstić information content (AvgIpc) is 2.22. The summed E-state index contributed by atoms with van der Waals surface area (Å²) in [6.07, 6.45) is 0.842. The van der Waals surface area contributed by atoms with E-state index < -0.39 is 6.04 Å². The molecule has 0 aromatic rings. The first-order valence-corrected chi connectivity index (χ1v) is 6.40. The van der Waals surface area contributed by atoms with E-state index in [9.17, 15) is 9.59 Å². The van der Waals surface area contributed by atoms with Gasteiger partial charge in [-0.15, -0.1) is 0 Å². The Kier molecular flexibility index (Phi) is 6.32. The Hall–Kier alpha value is -1.10. The van der Waals surface area contributed by atoms with Gasteiger partial charge in [-0.2, -0.15) is 0 Å². The molecule has 2 atom stereocenters. The van der Waals surface area contributed by atoms with Crippen LogP contribution in [0.4, 0.5) is 0 Å². The maximum Gasteiger partial charge on any atom is 0.240 e. The molecule has 0 aromatic carbocycles. The van der Waals surface area contributed by atoms with Gasteiger partial charge < -0.3 is 16.0 Å². The molecule has 0 bridgehead atoms. The Morgan fingerprint density at radius 2 is 1.83 bits per heavy atom. The highest BCUT2D eigenvalue weighted by Gasteiger charge is 2.24. The third-order valence-electron chi connectivity index (χ3n) is 2.81. The predicted molar refractivity (Wildman–Crippen MR) is 73.0 cm³/mol. The minimum Gasteiger partial charge on any atom is -0.350 e. The summed E-state index contributed by atoms with van der Waals surface area (Å²) >= 11 is 0. The van der Waals surface area contributed by atoms with E-state index in [1.54, 1.807) is 7.05 Å². The Labute approximate surface area is 110 Å². The van der Waals surface area contributed by atoms with Crippen LogP contribution in [0.5, 0.6) is 0 Å². The third-order valence-corrected chi connectivity index (χ3v) is 2.81. The number of nitrogens with two attached hydrogens (primary N) is 1. The molecule has 18 heavy (non-hydrogen) atoms. The van der Waals surface area contributed by atoms with Gasteiger partial charge >= 0.3 is 0 Å². The molecular weight excluding hydrogens is 230 g/mol. The third kappa shape index (κ3) is 6.00. The molecular formula is C13H27N3O2. The summed E-state index contributed by atoms with van der Waals surface area (Å²) in [5.74, 6) is -0.242. The Morgan fingerprint density at radius 1 is 1.33 bits per heavy atom. The lowest BCUT2D eigenvalue weighted by atomic mass is 9.99. The molecule has 0 aliphatic rings. The number of nitrogens with zero attached hydrogens (tertiary/aromatic N) is 1. The van der Waals surface area contributed by atoms with Gasteiger partial charge in [0.2, 0.25) is 11.8 Å². The molecule has 0 unspecified atom stereocenters. The maximum absolute atomic E-state index is 12.0. The van der Waals surface area contributed by atoms with Crippen LogP contribution in [0.15, 0.2) is 0 Å². The summed E-state index contributed by atoms with van der Waals surface area (Å²) in [6.45, 7) is 9.67. The molecule has 3 N–H and O–H groups in total. The topological polar surface area (TPSA) is 75.4 Å². The van der Waals surface area contributed by atoms with E-state index in [2.05, 4.69) is 5.32 Å². The lowest BCUT2D eigenvalue weighted by Crippen LogP contribution is -2.50. The first-order chi connectivity index (χ1) is 8.08. The molecule has 0 rings (SSSR count). The maximum atomic E-state index is 12.0. The fraction of sp³-hybridized carbons (Fsp3) is 0.846. The van der Waals surface area contributed by atoms with Gasteiger partial charge in [-0.3, -0.25) is 9.59 Å². The first kappa shape index (κ1) is 16.9. The van der Waals surface area contributed by atoms with Crippen LogP contribution >= 0.6 is 0 Å². The Balaban J connectivity index is 4.36. The molecule has 0 radical (unpaired) electrons. The molecule has 5 heteroatoms. The zero-order valence-corrected chi connectivity index (χ0v) is 12.4. The van der Waals surface area contributed by atoms with Crippen LogP contribution in [0.3, 0.4) is 0 Å². The van der Waals surface area contributed by atoms with E-state index >= 15 is 0 Å². The fourth-order valence-electron chi connectivity index (χ4n) is 1.50. The number of hydrogen-bond donors (Lipinski definition) is 2. The van der Waals surface area contributed by atoms with E-state index in [0.29, 0.717) is 0 Å². The lowest BCUT2D eigenvalue weighted by molar-refractivity contribution is -0.137. The van der Waals surface area contributed by atoms with E-state index in [1.165, 1.54) is 4.90 Å².